The number of carbonyl (C=O) groups is 4. The molecule has 0 saturated carbocycles. The molecular formula is C23H35N3O6. The van der Waals surface area contributed by atoms with Gasteiger partial charge in [-0.2, -0.15) is 0 Å². The lowest BCUT2D eigenvalue weighted by Gasteiger charge is -2.36. The number of benzene rings is 1. The van der Waals surface area contributed by atoms with Crippen molar-refractivity contribution >= 4 is 23.9 Å². The smallest absolute Gasteiger partial charge is 0.408 e. The number of ether oxygens (including phenoxy) is 2. The van der Waals surface area contributed by atoms with E-state index in [2.05, 4.69) is 15.4 Å². The van der Waals surface area contributed by atoms with E-state index < -0.39 is 41.6 Å². The van der Waals surface area contributed by atoms with Crippen molar-refractivity contribution in [1.29, 1.82) is 0 Å². The molecule has 9 nitrogen and oxygen atoms in total. The predicted octanol–water partition coefficient (Wildman–Crippen LogP) is 2.48. The minimum Gasteiger partial charge on any atom is -0.468 e. The number of aryl methyl sites for hydroxylation is 1. The Balaban J connectivity index is 3.23. The molecule has 3 amide bonds. The molecule has 0 fully saturated rings. The summed E-state index contributed by atoms with van der Waals surface area (Å²) in [6, 6.07) is 4.83. The van der Waals surface area contributed by atoms with Crippen LogP contribution in [0.5, 0.6) is 0 Å². The fraction of sp³-hybridized carbons (Fsp3) is 0.565. The molecule has 2 atom stereocenters. The van der Waals surface area contributed by atoms with E-state index in [4.69, 9.17) is 4.74 Å². The summed E-state index contributed by atoms with van der Waals surface area (Å²) in [6.45, 7) is 11.8. The lowest BCUT2D eigenvalue weighted by atomic mass is 10.00. The first-order valence-electron chi connectivity index (χ1n) is 10.5. The van der Waals surface area contributed by atoms with Crippen LogP contribution in [0.25, 0.3) is 0 Å². The molecule has 2 unspecified atom stereocenters. The molecule has 0 aromatic heterocycles. The van der Waals surface area contributed by atoms with E-state index in [9.17, 15) is 19.2 Å². The Hall–Kier alpha value is -3.10. The summed E-state index contributed by atoms with van der Waals surface area (Å²) in [5, 5.41) is 5.06. The van der Waals surface area contributed by atoms with Crippen LogP contribution in [0.15, 0.2) is 24.3 Å². The molecule has 1 aromatic rings. The van der Waals surface area contributed by atoms with Crippen LogP contribution in [0, 0.1) is 6.92 Å². The summed E-state index contributed by atoms with van der Waals surface area (Å²) in [6.07, 6.45) is -0.732. The monoisotopic (exact) mass is 449 g/mol. The van der Waals surface area contributed by atoms with Crippen LogP contribution in [-0.4, -0.2) is 60.1 Å². The molecule has 178 valence electrons. The predicted molar refractivity (Wildman–Crippen MR) is 120 cm³/mol. The van der Waals surface area contributed by atoms with Crippen LogP contribution in [0.1, 0.15) is 58.7 Å². The first-order valence-corrected chi connectivity index (χ1v) is 10.5. The number of hydrogen-bond donors (Lipinski definition) is 2. The third kappa shape index (κ3) is 8.20. The number of hydrogen-bond acceptors (Lipinski definition) is 6. The van der Waals surface area contributed by atoms with Gasteiger partial charge < -0.3 is 25.0 Å². The second kappa shape index (κ2) is 11.5. The lowest BCUT2D eigenvalue weighted by Crippen LogP contribution is -2.54. The number of carbonyl (C=O) groups excluding carboxylic acids is 4. The molecule has 0 radical (unpaired) electrons. The molecule has 0 saturated heterocycles. The molecule has 0 bridgehead atoms. The van der Waals surface area contributed by atoms with Gasteiger partial charge in [0.15, 0.2) is 0 Å². The van der Waals surface area contributed by atoms with Gasteiger partial charge in [-0.15, -0.1) is 0 Å². The van der Waals surface area contributed by atoms with E-state index in [-0.39, 0.29) is 12.6 Å². The largest absolute Gasteiger partial charge is 0.468 e. The average Bonchev–Trinajstić information content (AvgIpc) is 2.68. The first kappa shape index (κ1) is 26.9. The van der Waals surface area contributed by atoms with Crippen LogP contribution >= 0.6 is 0 Å². The maximum absolute atomic E-state index is 13.4. The summed E-state index contributed by atoms with van der Waals surface area (Å²) in [5.41, 5.74) is 0.845. The van der Waals surface area contributed by atoms with Crippen LogP contribution in [0.2, 0.25) is 0 Å². The quantitative estimate of drug-likeness (QED) is 0.590. The number of esters is 1. The molecule has 32 heavy (non-hydrogen) atoms. The third-order valence-corrected chi connectivity index (χ3v) is 4.47. The highest BCUT2D eigenvalue weighted by Gasteiger charge is 2.36. The number of rotatable bonds is 8. The van der Waals surface area contributed by atoms with E-state index >= 15 is 0 Å². The number of nitrogens with zero attached hydrogens (tertiary/aromatic N) is 1. The van der Waals surface area contributed by atoms with Gasteiger partial charge in [0.2, 0.25) is 11.8 Å². The van der Waals surface area contributed by atoms with Gasteiger partial charge in [0.05, 0.1) is 7.11 Å². The zero-order valence-electron chi connectivity index (χ0n) is 20.1. The molecule has 0 aliphatic rings. The summed E-state index contributed by atoms with van der Waals surface area (Å²) in [7, 11) is 1.22. The molecule has 1 rings (SSSR count). The van der Waals surface area contributed by atoms with Crippen molar-refractivity contribution in [3.63, 3.8) is 0 Å². The van der Waals surface area contributed by atoms with Gasteiger partial charge in [0.1, 0.15) is 24.2 Å². The number of methoxy groups -OCH3 is 1. The summed E-state index contributed by atoms with van der Waals surface area (Å²) < 4.78 is 9.81. The Morgan fingerprint density at radius 1 is 1.03 bits per heavy atom. The highest BCUT2D eigenvalue weighted by molar-refractivity contribution is 5.93. The zero-order valence-corrected chi connectivity index (χ0v) is 20.1. The van der Waals surface area contributed by atoms with Gasteiger partial charge in [-0.25, -0.2) is 4.79 Å². The maximum Gasteiger partial charge on any atom is 0.408 e. The Morgan fingerprint density at radius 3 is 2.06 bits per heavy atom. The first-order chi connectivity index (χ1) is 14.8. The van der Waals surface area contributed by atoms with E-state index in [1.54, 1.807) is 46.8 Å². The van der Waals surface area contributed by atoms with Gasteiger partial charge in [0, 0.05) is 6.04 Å². The van der Waals surface area contributed by atoms with Gasteiger partial charge >= 0.3 is 12.1 Å². The highest BCUT2D eigenvalue weighted by Crippen LogP contribution is 2.25. The van der Waals surface area contributed by atoms with E-state index in [0.29, 0.717) is 5.56 Å². The van der Waals surface area contributed by atoms with Crippen molar-refractivity contribution < 1.29 is 28.7 Å². The minimum atomic E-state index is -1.02. The number of amides is 3. The van der Waals surface area contributed by atoms with Gasteiger partial charge in [-0.05, 0) is 54.0 Å². The summed E-state index contributed by atoms with van der Waals surface area (Å²) in [5.74, 6) is -1.61. The Bertz CT molecular complexity index is 814. The van der Waals surface area contributed by atoms with E-state index in [1.165, 1.54) is 18.9 Å². The summed E-state index contributed by atoms with van der Waals surface area (Å²) in [4.78, 5) is 51.5. The standard InChI is InChI=1S/C23H35N3O6/c1-14(2)26(21(29)16(4)25-22(30)32-23(5,6)7)19(17-11-9-15(3)10-12-17)20(28)24-13-18(27)31-8/h9-12,14,16,19H,13H2,1-8H3,(H,24,28)(H,25,30). The molecule has 0 aliphatic heterocycles. The molecular weight excluding hydrogens is 414 g/mol. The maximum atomic E-state index is 13.4. The second-order valence-electron chi connectivity index (χ2n) is 8.81. The van der Waals surface area contributed by atoms with Crippen molar-refractivity contribution in [2.24, 2.45) is 0 Å². The molecule has 1 aromatic carbocycles. The third-order valence-electron chi connectivity index (χ3n) is 4.47. The zero-order chi connectivity index (χ0) is 24.6. The Kier molecular flexibility index (Phi) is 9.68. The van der Waals surface area contributed by atoms with Crippen molar-refractivity contribution in [3.8, 4) is 0 Å². The van der Waals surface area contributed by atoms with Crippen molar-refractivity contribution in [2.45, 2.75) is 72.2 Å². The molecule has 9 heteroatoms. The van der Waals surface area contributed by atoms with Crippen LogP contribution in [0.4, 0.5) is 4.79 Å². The SMILES string of the molecule is COC(=O)CNC(=O)C(c1ccc(C)cc1)N(C(=O)C(C)NC(=O)OC(C)(C)C)C(C)C. The van der Waals surface area contributed by atoms with Gasteiger partial charge in [0.25, 0.3) is 0 Å². The molecule has 0 spiro atoms. The Labute approximate surface area is 189 Å². The minimum absolute atomic E-state index is 0.330. The Morgan fingerprint density at radius 2 is 1.59 bits per heavy atom. The van der Waals surface area contributed by atoms with Gasteiger partial charge in [-0.3, -0.25) is 14.4 Å². The van der Waals surface area contributed by atoms with Crippen LogP contribution in [0.3, 0.4) is 0 Å². The highest BCUT2D eigenvalue weighted by atomic mass is 16.6. The normalized spacial score (nSPS) is 13.0. The average molecular weight is 450 g/mol. The van der Waals surface area contributed by atoms with Crippen LogP contribution < -0.4 is 10.6 Å². The van der Waals surface area contributed by atoms with Crippen molar-refractivity contribution in [2.75, 3.05) is 13.7 Å². The van der Waals surface area contributed by atoms with Crippen molar-refractivity contribution in [3.05, 3.63) is 35.4 Å². The van der Waals surface area contributed by atoms with Crippen molar-refractivity contribution in [1.82, 2.24) is 15.5 Å². The fourth-order valence-electron chi connectivity index (χ4n) is 2.96. The fourth-order valence-corrected chi connectivity index (χ4v) is 2.96. The van der Waals surface area contributed by atoms with Crippen LogP contribution in [-0.2, 0) is 23.9 Å². The second-order valence-corrected chi connectivity index (χ2v) is 8.81. The number of nitrogens with one attached hydrogen (secondary N) is 2. The van der Waals surface area contributed by atoms with Gasteiger partial charge in [-0.1, -0.05) is 29.8 Å². The number of alkyl carbamates (subject to hydrolysis) is 1. The lowest BCUT2D eigenvalue weighted by molar-refractivity contribution is -0.146. The van der Waals surface area contributed by atoms with E-state index in [0.717, 1.165) is 5.56 Å². The summed E-state index contributed by atoms with van der Waals surface area (Å²) >= 11 is 0. The molecule has 0 aliphatic carbocycles. The molecule has 2 N–H and O–H groups in total. The van der Waals surface area contributed by atoms with E-state index in [1.807, 2.05) is 19.1 Å². The topological polar surface area (TPSA) is 114 Å². The molecule has 0 heterocycles.